The Hall–Kier alpha value is -1.09. The number of rotatable bonds is 4. The summed E-state index contributed by atoms with van der Waals surface area (Å²) < 4.78 is 5.54. The highest BCUT2D eigenvalue weighted by atomic mass is 16.5. The van der Waals surface area contributed by atoms with E-state index in [0.29, 0.717) is 12.5 Å². The van der Waals surface area contributed by atoms with Crippen molar-refractivity contribution in [3.8, 4) is 5.75 Å². The molecule has 0 radical (unpaired) electrons. The van der Waals surface area contributed by atoms with Crippen LogP contribution in [0.2, 0.25) is 0 Å². The molecule has 1 saturated carbocycles. The van der Waals surface area contributed by atoms with Crippen molar-refractivity contribution in [3.05, 3.63) is 24.5 Å². The van der Waals surface area contributed by atoms with Gasteiger partial charge < -0.3 is 10.5 Å². The summed E-state index contributed by atoms with van der Waals surface area (Å²) in [5, 5.41) is 0. The van der Waals surface area contributed by atoms with Crippen LogP contribution in [-0.4, -0.2) is 17.6 Å². The van der Waals surface area contributed by atoms with Crippen molar-refractivity contribution in [2.75, 3.05) is 6.61 Å². The molecule has 2 N–H and O–H groups in total. The van der Waals surface area contributed by atoms with Crippen molar-refractivity contribution in [1.29, 1.82) is 0 Å². The maximum Gasteiger partial charge on any atom is 0.137 e. The molecule has 3 nitrogen and oxygen atoms in total. The fourth-order valence-electron chi connectivity index (χ4n) is 1.63. The molecule has 1 aromatic heterocycles. The molecule has 0 aliphatic heterocycles. The summed E-state index contributed by atoms with van der Waals surface area (Å²) in [5.74, 6) is 1.48. The molecule has 1 fully saturated rings. The van der Waals surface area contributed by atoms with Crippen LogP contribution in [0.1, 0.15) is 19.3 Å². The Kier molecular flexibility index (Phi) is 2.99. The third-order valence-electron chi connectivity index (χ3n) is 2.83. The number of pyridine rings is 1. The first-order valence-corrected chi connectivity index (χ1v) is 5.14. The van der Waals surface area contributed by atoms with Crippen molar-refractivity contribution < 1.29 is 4.74 Å². The first kappa shape index (κ1) is 9.46. The van der Waals surface area contributed by atoms with Crippen molar-refractivity contribution >= 4 is 0 Å². The van der Waals surface area contributed by atoms with Crippen LogP contribution in [0.15, 0.2) is 24.5 Å². The average molecular weight is 192 g/mol. The van der Waals surface area contributed by atoms with Gasteiger partial charge in [-0.1, -0.05) is 6.42 Å². The number of nitrogens with zero attached hydrogens (tertiary/aromatic N) is 1. The Bertz CT molecular complexity index is 272. The van der Waals surface area contributed by atoms with Crippen LogP contribution in [0, 0.1) is 5.92 Å². The summed E-state index contributed by atoms with van der Waals surface area (Å²) in [6.07, 6.45) is 7.30. The van der Waals surface area contributed by atoms with E-state index < -0.39 is 0 Å². The molecule has 14 heavy (non-hydrogen) atoms. The molecule has 2 rings (SSSR count). The Morgan fingerprint density at radius 1 is 1.57 bits per heavy atom. The van der Waals surface area contributed by atoms with E-state index in [-0.39, 0.29) is 6.04 Å². The van der Waals surface area contributed by atoms with E-state index in [2.05, 4.69) is 4.98 Å². The fraction of sp³-hybridized carbons (Fsp3) is 0.545. The smallest absolute Gasteiger partial charge is 0.137 e. The topological polar surface area (TPSA) is 48.1 Å². The lowest BCUT2D eigenvalue weighted by atomic mass is 9.80. The third kappa shape index (κ3) is 2.23. The van der Waals surface area contributed by atoms with Crippen LogP contribution in [0.3, 0.4) is 0 Å². The van der Waals surface area contributed by atoms with Gasteiger partial charge in [0, 0.05) is 12.2 Å². The molecule has 1 unspecified atom stereocenters. The SMILES string of the molecule is NC(COc1cccnc1)C1CCC1. The second kappa shape index (κ2) is 4.42. The minimum Gasteiger partial charge on any atom is -0.490 e. The van der Waals surface area contributed by atoms with Gasteiger partial charge in [0.15, 0.2) is 0 Å². The number of nitrogens with two attached hydrogens (primary N) is 1. The van der Waals surface area contributed by atoms with Crippen molar-refractivity contribution in [2.45, 2.75) is 25.3 Å². The van der Waals surface area contributed by atoms with E-state index in [1.165, 1.54) is 19.3 Å². The Labute approximate surface area is 84.3 Å². The molecule has 1 aromatic rings. The zero-order valence-corrected chi connectivity index (χ0v) is 8.23. The molecule has 3 heteroatoms. The third-order valence-corrected chi connectivity index (χ3v) is 2.83. The van der Waals surface area contributed by atoms with Crippen LogP contribution in [0.4, 0.5) is 0 Å². The second-order valence-corrected chi connectivity index (χ2v) is 3.85. The van der Waals surface area contributed by atoms with Gasteiger partial charge in [-0.05, 0) is 30.9 Å². The van der Waals surface area contributed by atoms with Gasteiger partial charge in [0.1, 0.15) is 12.4 Å². The van der Waals surface area contributed by atoms with Crippen LogP contribution >= 0.6 is 0 Å². The summed E-state index contributed by atoms with van der Waals surface area (Å²) in [6, 6.07) is 3.95. The molecule has 1 heterocycles. The van der Waals surface area contributed by atoms with E-state index in [0.717, 1.165) is 5.75 Å². The molecule has 0 spiro atoms. The number of ether oxygens (including phenoxy) is 1. The normalized spacial score (nSPS) is 18.6. The fourth-order valence-corrected chi connectivity index (χ4v) is 1.63. The van der Waals surface area contributed by atoms with Gasteiger partial charge >= 0.3 is 0 Å². The summed E-state index contributed by atoms with van der Waals surface area (Å²) in [6.45, 7) is 0.608. The van der Waals surface area contributed by atoms with E-state index in [4.69, 9.17) is 10.5 Å². The lowest BCUT2D eigenvalue weighted by Gasteiger charge is -2.30. The highest BCUT2D eigenvalue weighted by molar-refractivity contribution is 5.15. The summed E-state index contributed by atoms with van der Waals surface area (Å²) >= 11 is 0. The van der Waals surface area contributed by atoms with Crippen molar-refractivity contribution in [1.82, 2.24) is 4.98 Å². The van der Waals surface area contributed by atoms with E-state index >= 15 is 0 Å². The molecule has 0 amide bonds. The minimum absolute atomic E-state index is 0.184. The van der Waals surface area contributed by atoms with Crippen molar-refractivity contribution in [2.24, 2.45) is 11.7 Å². The zero-order valence-electron chi connectivity index (χ0n) is 8.23. The van der Waals surface area contributed by atoms with E-state index in [9.17, 15) is 0 Å². The molecular weight excluding hydrogens is 176 g/mol. The number of hydrogen-bond acceptors (Lipinski definition) is 3. The standard InChI is InChI=1S/C11H16N2O/c12-11(9-3-1-4-9)8-14-10-5-2-6-13-7-10/h2,5-7,9,11H,1,3-4,8,12H2. The van der Waals surface area contributed by atoms with E-state index in [1.54, 1.807) is 12.4 Å². The summed E-state index contributed by atoms with van der Waals surface area (Å²) in [4.78, 5) is 3.98. The first-order valence-electron chi connectivity index (χ1n) is 5.14. The minimum atomic E-state index is 0.184. The largest absolute Gasteiger partial charge is 0.490 e. The summed E-state index contributed by atoms with van der Waals surface area (Å²) in [7, 11) is 0. The predicted octanol–water partition coefficient (Wildman–Crippen LogP) is 1.59. The van der Waals surface area contributed by atoms with Gasteiger partial charge in [-0.25, -0.2) is 0 Å². The van der Waals surface area contributed by atoms with Gasteiger partial charge in [0.05, 0.1) is 6.20 Å². The molecule has 0 bridgehead atoms. The molecule has 76 valence electrons. The lowest BCUT2D eigenvalue weighted by molar-refractivity contribution is 0.188. The number of aromatic nitrogens is 1. The highest BCUT2D eigenvalue weighted by Crippen LogP contribution is 2.28. The van der Waals surface area contributed by atoms with Gasteiger partial charge in [0.25, 0.3) is 0 Å². The van der Waals surface area contributed by atoms with Crippen LogP contribution in [0.5, 0.6) is 5.75 Å². The summed E-state index contributed by atoms with van der Waals surface area (Å²) in [5.41, 5.74) is 5.98. The second-order valence-electron chi connectivity index (χ2n) is 3.85. The van der Waals surface area contributed by atoms with Gasteiger partial charge in [0.2, 0.25) is 0 Å². The monoisotopic (exact) mass is 192 g/mol. The lowest BCUT2D eigenvalue weighted by Crippen LogP contribution is -2.39. The van der Waals surface area contributed by atoms with E-state index in [1.807, 2.05) is 12.1 Å². The highest BCUT2D eigenvalue weighted by Gasteiger charge is 2.24. The molecular formula is C11H16N2O. The Balaban J connectivity index is 1.76. The van der Waals surface area contributed by atoms with Crippen LogP contribution < -0.4 is 10.5 Å². The van der Waals surface area contributed by atoms with Gasteiger partial charge in [-0.2, -0.15) is 0 Å². The zero-order chi connectivity index (χ0) is 9.80. The van der Waals surface area contributed by atoms with Gasteiger partial charge in [-0.3, -0.25) is 4.98 Å². The first-order chi connectivity index (χ1) is 6.86. The Morgan fingerprint density at radius 3 is 3.00 bits per heavy atom. The molecule has 1 atom stereocenters. The average Bonchev–Trinajstić information content (AvgIpc) is 2.14. The maximum absolute atomic E-state index is 5.98. The van der Waals surface area contributed by atoms with Crippen LogP contribution in [-0.2, 0) is 0 Å². The Morgan fingerprint density at radius 2 is 2.43 bits per heavy atom. The van der Waals surface area contributed by atoms with Crippen molar-refractivity contribution in [3.63, 3.8) is 0 Å². The molecule has 0 saturated heterocycles. The molecule has 1 aliphatic rings. The maximum atomic E-state index is 5.98. The molecule has 1 aliphatic carbocycles. The quantitative estimate of drug-likeness (QED) is 0.788. The van der Waals surface area contributed by atoms with Crippen LogP contribution in [0.25, 0.3) is 0 Å². The predicted molar refractivity (Wildman–Crippen MR) is 55.0 cm³/mol. The number of hydrogen-bond donors (Lipinski definition) is 1. The van der Waals surface area contributed by atoms with Gasteiger partial charge in [-0.15, -0.1) is 0 Å². The molecule has 0 aromatic carbocycles.